The zero-order valence-corrected chi connectivity index (χ0v) is 6.85. The molecule has 0 amide bonds. The van der Waals surface area contributed by atoms with Gasteiger partial charge in [0.25, 0.3) is 0 Å². The second kappa shape index (κ2) is 4.66. The van der Waals surface area contributed by atoms with Crippen molar-refractivity contribution in [3.05, 3.63) is 0 Å². The van der Waals surface area contributed by atoms with Crippen molar-refractivity contribution in [1.29, 1.82) is 0 Å². The molecule has 0 saturated carbocycles. The predicted molar refractivity (Wildman–Crippen MR) is 37.2 cm³/mol. The van der Waals surface area contributed by atoms with Crippen molar-refractivity contribution in [2.45, 2.75) is 26.6 Å². The van der Waals surface area contributed by atoms with Crippen LogP contribution in [0.2, 0.25) is 0 Å². The zero-order valence-electron chi connectivity index (χ0n) is 6.85. The molecule has 0 aliphatic carbocycles. The van der Waals surface area contributed by atoms with Gasteiger partial charge in [-0.1, -0.05) is 0 Å². The molecular formula is C7H15O3. The fraction of sp³-hybridized carbons (Fsp3) is 1.00. The maximum Gasteiger partial charge on any atom is 0.192 e. The lowest BCUT2D eigenvalue weighted by Gasteiger charge is -2.25. The largest absolute Gasteiger partial charge is 0.348 e. The quantitative estimate of drug-likeness (QED) is 0.548. The Balaban J connectivity index is 3.69. The molecule has 0 fully saturated rings. The van der Waals surface area contributed by atoms with Crippen molar-refractivity contribution >= 4 is 0 Å². The van der Waals surface area contributed by atoms with Crippen LogP contribution >= 0.6 is 0 Å². The van der Waals surface area contributed by atoms with Gasteiger partial charge in [-0.3, -0.25) is 0 Å². The summed E-state index contributed by atoms with van der Waals surface area (Å²) in [7, 11) is 0. The minimum Gasteiger partial charge on any atom is -0.348 e. The van der Waals surface area contributed by atoms with Gasteiger partial charge >= 0.3 is 0 Å². The van der Waals surface area contributed by atoms with Crippen LogP contribution in [-0.4, -0.2) is 25.6 Å². The van der Waals surface area contributed by atoms with Crippen LogP contribution in [-0.2, 0) is 14.6 Å². The molecule has 0 aromatic rings. The van der Waals surface area contributed by atoms with E-state index in [1.54, 1.807) is 6.92 Å². The Labute approximate surface area is 62.0 Å². The lowest BCUT2D eigenvalue weighted by Crippen LogP contribution is -2.35. The Morgan fingerprint density at radius 3 is 1.80 bits per heavy atom. The summed E-state index contributed by atoms with van der Waals surface area (Å²) in [5.74, 6) is -0.913. The first-order valence-electron chi connectivity index (χ1n) is 3.54. The smallest absolute Gasteiger partial charge is 0.192 e. The van der Waals surface area contributed by atoms with E-state index in [1.807, 2.05) is 13.8 Å². The van der Waals surface area contributed by atoms with Gasteiger partial charge in [0.2, 0.25) is 0 Å². The SMILES string of the molecule is CCOC(C)(C[O])OCC. The minimum atomic E-state index is -0.913. The molecule has 0 aromatic carbocycles. The van der Waals surface area contributed by atoms with Crippen LogP contribution in [0.4, 0.5) is 0 Å². The highest BCUT2D eigenvalue weighted by Crippen LogP contribution is 2.10. The van der Waals surface area contributed by atoms with E-state index in [4.69, 9.17) is 9.47 Å². The van der Waals surface area contributed by atoms with Crippen LogP contribution in [0.1, 0.15) is 20.8 Å². The molecule has 3 nitrogen and oxygen atoms in total. The third kappa shape index (κ3) is 3.15. The first kappa shape index (κ1) is 9.88. The van der Waals surface area contributed by atoms with E-state index in [9.17, 15) is 5.11 Å². The van der Waals surface area contributed by atoms with Gasteiger partial charge in [0.15, 0.2) is 5.79 Å². The second-order valence-electron chi connectivity index (χ2n) is 2.14. The lowest BCUT2D eigenvalue weighted by atomic mass is 10.3. The summed E-state index contributed by atoms with van der Waals surface area (Å²) in [6, 6.07) is 0. The molecule has 0 bridgehead atoms. The van der Waals surface area contributed by atoms with Crippen LogP contribution in [0.25, 0.3) is 0 Å². The average Bonchev–Trinajstić information content (AvgIpc) is 1.89. The highest BCUT2D eigenvalue weighted by molar-refractivity contribution is 4.58. The number of hydrogen-bond donors (Lipinski definition) is 0. The Hall–Kier alpha value is -0.120. The molecule has 0 aromatic heterocycles. The second-order valence-corrected chi connectivity index (χ2v) is 2.14. The molecule has 0 unspecified atom stereocenters. The van der Waals surface area contributed by atoms with Crippen LogP contribution in [0.15, 0.2) is 0 Å². The van der Waals surface area contributed by atoms with E-state index in [1.165, 1.54) is 0 Å². The molecule has 0 heterocycles. The van der Waals surface area contributed by atoms with E-state index in [0.29, 0.717) is 13.2 Å². The first-order valence-corrected chi connectivity index (χ1v) is 3.54. The summed E-state index contributed by atoms with van der Waals surface area (Å²) in [5, 5.41) is 10.5. The topological polar surface area (TPSA) is 38.4 Å². The third-order valence-electron chi connectivity index (χ3n) is 1.16. The van der Waals surface area contributed by atoms with Crippen molar-refractivity contribution < 1.29 is 14.6 Å². The standard InChI is InChI=1S/C7H15O3/c1-4-9-7(3,6-8)10-5-2/h4-6H2,1-3H3. The zero-order chi connectivity index (χ0) is 8.04. The van der Waals surface area contributed by atoms with Gasteiger partial charge in [0.05, 0.1) is 0 Å². The molecule has 0 rings (SSSR count). The van der Waals surface area contributed by atoms with Gasteiger partial charge < -0.3 is 9.47 Å². The van der Waals surface area contributed by atoms with Crippen LogP contribution in [0.5, 0.6) is 0 Å². The van der Waals surface area contributed by atoms with E-state index in [2.05, 4.69) is 0 Å². The molecular weight excluding hydrogens is 132 g/mol. The van der Waals surface area contributed by atoms with Crippen LogP contribution in [0.3, 0.4) is 0 Å². The van der Waals surface area contributed by atoms with E-state index < -0.39 is 5.79 Å². The molecule has 61 valence electrons. The number of ether oxygens (including phenoxy) is 2. The fourth-order valence-electron chi connectivity index (χ4n) is 0.736. The molecule has 1 radical (unpaired) electrons. The molecule has 10 heavy (non-hydrogen) atoms. The monoisotopic (exact) mass is 147 g/mol. The van der Waals surface area contributed by atoms with E-state index in [0.717, 1.165) is 0 Å². The number of hydrogen-bond acceptors (Lipinski definition) is 2. The number of rotatable bonds is 5. The van der Waals surface area contributed by atoms with Crippen molar-refractivity contribution in [1.82, 2.24) is 0 Å². The van der Waals surface area contributed by atoms with Gasteiger partial charge in [-0.15, -0.1) is 0 Å². The average molecular weight is 147 g/mol. The molecule has 0 aliphatic rings. The molecule has 0 N–H and O–H groups in total. The normalized spacial score (nSPS) is 12.0. The van der Waals surface area contributed by atoms with Crippen molar-refractivity contribution in [2.24, 2.45) is 0 Å². The molecule has 0 atom stereocenters. The Kier molecular flexibility index (Phi) is 4.60. The maximum absolute atomic E-state index is 10.5. The Morgan fingerprint density at radius 2 is 1.60 bits per heavy atom. The Morgan fingerprint density at radius 1 is 1.20 bits per heavy atom. The predicted octanol–water partition coefficient (Wildman–Crippen LogP) is 1.21. The van der Waals surface area contributed by atoms with Crippen molar-refractivity contribution in [3.8, 4) is 0 Å². The summed E-state index contributed by atoms with van der Waals surface area (Å²) in [6.07, 6.45) is 0. The van der Waals surface area contributed by atoms with Gasteiger partial charge in [-0.25, -0.2) is 5.11 Å². The summed E-state index contributed by atoms with van der Waals surface area (Å²) in [4.78, 5) is 0. The van der Waals surface area contributed by atoms with Crippen molar-refractivity contribution in [3.63, 3.8) is 0 Å². The van der Waals surface area contributed by atoms with Gasteiger partial charge in [0, 0.05) is 13.2 Å². The Bertz CT molecular complexity index is 76.9. The first-order chi connectivity index (χ1) is 4.68. The molecule has 0 saturated heterocycles. The van der Waals surface area contributed by atoms with Crippen LogP contribution < -0.4 is 0 Å². The molecule has 3 heteroatoms. The summed E-state index contributed by atoms with van der Waals surface area (Å²) >= 11 is 0. The van der Waals surface area contributed by atoms with Crippen LogP contribution in [0, 0.1) is 0 Å². The molecule has 0 aliphatic heterocycles. The van der Waals surface area contributed by atoms with E-state index >= 15 is 0 Å². The highest BCUT2D eigenvalue weighted by Gasteiger charge is 2.23. The summed E-state index contributed by atoms with van der Waals surface area (Å²) in [5.41, 5.74) is 0. The highest BCUT2D eigenvalue weighted by atomic mass is 16.7. The third-order valence-corrected chi connectivity index (χ3v) is 1.16. The lowest BCUT2D eigenvalue weighted by molar-refractivity contribution is -0.247. The molecule has 0 spiro atoms. The van der Waals surface area contributed by atoms with E-state index in [-0.39, 0.29) is 6.61 Å². The van der Waals surface area contributed by atoms with Gasteiger partial charge in [0.1, 0.15) is 6.61 Å². The van der Waals surface area contributed by atoms with Gasteiger partial charge in [-0.2, -0.15) is 0 Å². The fourth-order valence-corrected chi connectivity index (χ4v) is 0.736. The van der Waals surface area contributed by atoms with Crippen molar-refractivity contribution in [2.75, 3.05) is 19.8 Å². The maximum atomic E-state index is 10.5. The summed E-state index contributed by atoms with van der Waals surface area (Å²) in [6.45, 7) is 6.01. The summed E-state index contributed by atoms with van der Waals surface area (Å²) < 4.78 is 10.2. The van der Waals surface area contributed by atoms with Gasteiger partial charge in [-0.05, 0) is 20.8 Å². The minimum absolute atomic E-state index is 0.353.